The van der Waals surface area contributed by atoms with Crippen LogP contribution >= 0.6 is 0 Å². The first kappa shape index (κ1) is 20.7. The summed E-state index contributed by atoms with van der Waals surface area (Å²) < 4.78 is 4.74. The number of phenols is 1. The summed E-state index contributed by atoms with van der Waals surface area (Å²) in [6.45, 7) is 3.36. The summed E-state index contributed by atoms with van der Waals surface area (Å²) >= 11 is 0. The second kappa shape index (κ2) is 8.86. The number of nitrogens with two attached hydrogens (primary N) is 1. The van der Waals surface area contributed by atoms with E-state index in [2.05, 4.69) is 15.6 Å². The smallest absolute Gasteiger partial charge is 0.412 e. The molecule has 0 saturated heterocycles. The maximum Gasteiger partial charge on any atom is 0.412 e. The maximum atomic E-state index is 11.6. The van der Waals surface area contributed by atoms with E-state index < -0.39 is 34.7 Å². The van der Waals surface area contributed by atoms with Crippen LogP contribution in [-0.4, -0.2) is 38.9 Å². The van der Waals surface area contributed by atoms with Crippen LogP contribution in [0, 0.1) is 10.1 Å². The molecule has 1 aromatic heterocycles. The van der Waals surface area contributed by atoms with Gasteiger partial charge in [0.2, 0.25) is 5.82 Å². The number of pyridine rings is 1. The van der Waals surface area contributed by atoms with Gasteiger partial charge in [0, 0.05) is 6.07 Å². The van der Waals surface area contributed by atoms with Crippen molar-refractivity contribution in [2.45, 2.75) is 26.0 Å². The number of carbonyl (C=O) groups excluding carboxylic acids is 1. The zero-order valence-corrected chi connectivity index (χ0v) is 15.2. The molecular formula is C17H21N5O6. The van der Waals surface area contributed by atoms with Crippen molar-refractivity contribution < 1.29 is 24.7 Å². The number of aromatic nitrogens is 1. The number of phenolic OH excluding ortho intramolecular Hbond substituents is 1. The Bertz CT molecular complexity index is 858. The molecule has 28 heavy (non-hydrogen) atoms. The average molecular weight is 391 g/mol. The van der Waals surface area contributed by atoms with Gasteiger partial charge in [0.1, 0.15) is 17.3 Å². The fourth-order valence-electron chi connectivity index (χ4n) is 2.48. The van der Waals surface area contributed by atoms with E-state index in [0.29, 0.717) is 5.56 Å². The lowest BCUT2D eigenvalue weighted by molar-refractivity contribution is -0.383. The Balaban J connectivity index is 2.30. The third-order valence-corrected chi connectivity index (χ3v) is 3.80. The first-order valence-corrected chi connectivity index (χ1v) is 8.35. The highest BCUT2D eigenvalue weighted by Crippen LogP contribution is 2.34. The Morgan fingerprint density at radius 3 is 2.61 bits per heavy atom. The highest BCUT2D eigenvalue weighted by atomic mass is 16.6. The number of benzene rings is 1. The number of anilines is 3. The van der Waals surface area contributed by atoms with Crippen LogP contribution < -0.4 is 16.4 Å². The van der Waals surface area contributed by atoms with Crippen molar-refractivity contribution in [2.75, 3.05) is 23.0 Å². The number of aromatic hydroxyl groups is 1. The molecule has 0 saturated carbocycles. The van der Waals surface area contributed by atoms with E-state index in [1.807, 2.05) is 0 Å². The molecular weight excluding hydrogens is 370 g/mol. The summed E-state index contributed by atoms with van der Waals surface area (Å²) in [6, 6.07) is 6.44. The number of hydrogen-bond donors (Lipinski definition) is 5. The fourth-order valence-corrected chi connectivity index (χ4v) is 2.48. The molecule has 11 nitrogen and oxygen atoms in total. The molecule has 0 aliphatic carbocycles. The summed E-state index contributed by atoms with van der Waals surface area (Å²) in [4.78, 5) is 26.0. The van der Waals surface area contributed by atoms with Gasteiger partial charge in [0.05, 0.1) is 23.7 Å². The zero-order chi connectivity index (χ0) is 20.8. The molecule has 0 bridgehead atoms. The lowest BCUT2D eigenvalue weighted by Crippen LogP contribution is -2.25. The highest BCUT2D eigenvalue weighted by molar-refractivity contribution is 5.86. The number of nitro groups is 1. The SMILES string of the molecule is CCOC(=O)Nc1cc(N[C@@H](C)[C@@H](O)c2ccc(O)cc2)c([N+](=O)[O-])c(N)n1. The van der Waals surface area contributed by atoms with Crippen LogP contribution in [0.25, 0.3) is 0 Å². The van der Waals surface area contributed by atoms with Crippen molar-refractivity contribution >= 4 is 29.1 Å². The van der Waals surface area contributed by atoms with Gasteiger partial charge in [-0.1, -0.05) is 12.1 Å². The molecule has 1 heterocycles. The van der Waals surface area contributed by atoms with Crippen molar-refractivity contribution in [1.29, 1.82) is 0 Å². The summed E-state index contributed by atoms with van der Waals surface area (Å²) in [5.41, 5.74) is 5.65. The number of hydrogen-bond acceptors (Lipinski definition) is 9. The molecule has 150 valence electrons. The van der Waals surface area contributed by atoms with E-state index >= 15 is 0 Å². The van der Waals surface area contributed by atoms with Crippen molar-refractivity contribution in [1.82, 2.24) is 4.98 Å². The normalized spacial score (nSPS) is 12.7. The van der Waals surface area contributed by atoms with Crippen LogP contribution in [0.5, 0.6) is 5.75 Å². The van der Waals surface area contributed by atoms with E-state index in [9.17, 15) is 25.1 Å². The Hall–Kier alpha value is -3.60. The molecule has 6 N–H and O–H groups in total. The minimum absolute atomic E-state index is 0.0328. The Kier molecular flexibility index (Phi) is 6.55. The van der Waals surface area contributed by atoms with Crippen LogP contribution in [0.15, 0.2) is 30.3 Å². The molecule has 11 heteroatoms. The van der Waals surface area contributed by atoms with Crippen molar-refractivity contribution in [2.24, 2.45) is 0 Å². The molecule has 2 aromatic rings. The van der Waals surface area contributed by atoms with E-state index in [1.54, 1.807) is 13.8 Å². The number of aliphatic hydroxyl groups is 1. The van der Waals surface area contributed by atoms with Crippen LogP contribution in [0.1, 0.15) is 25.5 Å². The average Bonchev–Trinajstić information content (AvgIpc) is 2.61. The molecule has 0 fully saturated rings. The summed E-state index contributed by atoms with van der Waals surface area (Å²) in [5.74, 6) is -0.410. The molecule has 1 aromatic carbocycles. The molecule has 0 spiro atoms. The second-order valence-electron chi connectivity index (χ2n) is 5.86. The minimum Gasteiger partial charge on any atom is -0.508 e. The van der Waals surface area contributed by atoms with E-state index in [4.69, 9.17) is 10.5 Å². The molecule has 0 unspecified atom stereocenters. The second-order valence-corrected chi connectivity index (χ2v) is 5.86. The Labute approximate surface area is 160 Å². The van der Waals surface area contributed by atoms with Gasteiger partial charge in [-0.05, 0) is 31.5 Å². The van der Waals surface area contributed by atoms with Crippen molar-refractivity contribution in [3.05, 3.63) is 46.0 Å². The topological polar surface area (TPSA) is 173 Å². The molecule has 2 atom stereocenters. The lowest BCUT2D eigenvalue weighted by Gasteiger charge is -2.22. The molecule has 0 radical (unpaired) electrons. The van der Waals surface area contributed by atoms with Gasteiger partial charge < -0.3 is 26.0 Å². The first-order chi connectivity index (χ1) is 13.2. The van der Waals surface area contributed by atoms with E-state index in [0.717, 1.165) is 0 Å². The summed E-state index contributed by atoms with van der Waals surface area (Å²) in [7, 11) is 0. The molecule has 1 amide bonds. The third-order valence-electron chi connectivity index (χ3n) is 3.80. The van der Waals surface area contributed by atoms with Gasteiger partial charge >= 0.3 is 11.8 Å². The number of ether oxygens (including phenoxy) is 1. The van der Waals surface area contributed by atoms with Gasteiger partial charge in [-0.3, -0.25) is 15.4 Å². The predicted molar refractivity (Wildman–Crippen MR) is 102 cm³/mol. The quantitative estimate of drug-likeness (QED) is 0.351. The first-order valence-electron chi connectivity index (χ1n) is 8.35. The lowest BCUT2D eigenvalue weighted by atomic mass is 10.0. The van der Waals surface area contributed by atoms with Crippen LogP contribution in [-0.2, 0) is 4.74 Å². The zero-order valence-electron chi connectivity index (χ0n) is 15.2. The third kappa shape index (κ3) is 4.98. The minimum atomic E-state index is -1.05. The van der Waals surface area contributed by atoms with Crippen LogP contribution in [0.4, 0.5) is 27.8 Å². The van der Waals surface area contributed by atoms with Gasteiger partial charge in [-0.15, -0.1) is 0 Å². The Morgan fingerprint density at radius 1 is 1.39 bits per heavy atom. The summed E-state index contributed by atoms with van der Waals surface area (Å²) in [5, 5.41) is 36.3. The van der Waals surface area contributed by atoms with Gasteiger partial charge in [-0.2, -0.15) is 0 Å². The van der Waals surface area contributed by atoms with Gasteiger partial charge in [0.25, 0.3) is 0 Å². The fraction of sp³-hybridized carbons (Fsp3) is 0.294. The maximum absolute atomic E-state index is 11.6. The molecule has 2 rings (SSSR count). The number of aliphatic hydroxyl groups excluding tert-OH is 1. The molecule has 0 aliphatic heterocycles. The number of nitrogens with zero attached hydrogens (tertiary/aromatic N) is 2. The van der Waals surface area contributed by atoms with Gasteiger partial charge in [0.15, 0.2) is 0 Å². The van der Waals surface area contributed by atoms with E-state index in [1.165, 1.54) is 30.3 Å². The standard InChI is InChI=1S/C17H21N5O6/c1-3-28-17(25)21-13-8-12(14(22(26)27)16(18)20-13)19-9(2)15(24)10-4-6-11(23)7-5-10/h4-9,15,23-24H,3H2,1-2H3,(H4,18,19,20,21,25)/t9-,15+/m0/s1. The van der Waals surface area contributed by atoms with Crippen LogP contribution in [0.3, 0.4) is 0 Å². The van der Waals surface area contributed by atoms with Gasteiger partial charge in [-0.25, -0.2) is 9.78 Å². The highest BCUT2D eigenvalue weighted by Gasteiger charge is 2.25. The number of nitrogen functional groups attached to an aromatic ring is 1. The summed E-state index contributed by atoms with van der Waals surface area (Å²) in [6.07, 6.45) is -1.83. The van der Waals surface area contributed by atoms with Crippen molar-refractivity contribution in [3.63, 3.8) is 0 Å². The largest absolute Gasteiger partial charge is 0.508 e. The number of rotatable bonds is 7. The van der Waals surface area contributed by atoms with E-state index in [-0.39, 0.29) is 23.9 Å². The number of amides is 1. The number of nitrogens with one attached hydrogen (secondary N) is 2. The monoisotopic (exact) mass is 391 g/mol. The Morgan fingerprint density at radius 2 is 2.04 bits per heavy atom. The predicted octanol–water partition coefficient (Wildman–Crippen LogP) is 2.38. The van der Waals surface area contributed by atoms with Crippen molar-refractivity contribution in [3.8, 4) is 5.75 Å². The molecule has 0 aliphatic rings. The number of carbonyl (C=O) groups is 1. The van der Waals surface area contributed by atoms with Crippen LogP contribution in [0.2, 0.25) is 0 Å².